The van der Waals surface area contributed by atoms with Gasteiger partial charge in [-0.1, -0.05) is 23.2 Å². The third kappa shape index (κ3) is 4.73. The molecule has 1 atom stereocenters. The summed E-state index contributed by atoms with van der Waals surface area (Å²) in [6, 6.07) is 7.02. The summed E-state index contributed by atoms with van der Waals surface area (Å²) in [5, 5.41) is 0.891. The van der Waals surface area contributed by atoms with Crippen LogP contribution >= 0.6 is 55.1 Å². The second-order valence-electron chi connectivity index (χ2n) is 5.98. The molecular formula is C19H18Br2Cl2O4. The van der Waals surface area contributed by atoms with Crippen LogP contribution in [-0.2, 0) is 21.6 Å². The van der Waals surface area contributed by atoms with Gasteiger partial charge in [-0.05, 0) is 63.0 Å². The largest absolute Gasteiger partial charge is 0.495 e. The summed E-state index contributed by atoms with van der Waals surface area (Å²) < 4.78 is 18.2. The number of esters is 1. The molecule has 2 rings (SSSR count). The monoisotopic (exact) mass is 538 g/mol. The number of carbonyl (C=O) groups excluding carboxylic acids is 1. The van der Waals surface area contributed by atoms with Gasteiger partial charge in [0.1, 0.15) is 17.1 Å². The third-order valence-electron chi connectivity index (χ3n) is 4.03. The summed E-state index contributed by atoms with van der Waals surface area (Å²) in [6.07, 6.45) is 0.223. The van der Waals surface area contributed by atoms with Crippen LogP contribution in [-0.4, -0.2) is 20.2 Å². The summed E-state index contributed by atoms with van der Waals surface area (Å²) in [7, 11) is 3.08. The Labute approximate surface area is 185 Å². The smallest absolute Gasteiger partial charge is 0.303 e. The number of hydrogen-bond donors (Lipinski definition) is 0. The van der Waals surface area contributed by atoms with Crippen LogP contribution in [0.3, 0.4) is 0 Å². The van der Waals surface area contributed by atoms with Gasteiger partial charge < -0.3 is 14.2 Å². The highest BCUT2D eigenvalue weighted by molar-refractivity contribution is 9.10. The molecule has 27 heavy (non-hydrogen) atoms. The lowest BCUT2D eigenvalue weighted by Gasteiger charge is -2.33. The lowest BCUT2D eigenvalue weighted by atomic mass is 9.87. The molecule has 0 heterocycles. The van der Waals surface area contributed by atoms with Crippen molar-refractivity contribution >= 4 is 61.0 Å². The van der Waals surface area contributed by atoms with Gasteiger partial charge in [0.05, 0.1) is 33.8 Å². The molecule has 0 spiro atoms. The molecule has 0 saturated carbocycles. The van der Waals surface area contributed by atoms with Gasteiger partial charge in [0.2, 0.25) is 0 Å². The van der Waals surface area contributed by atoms with E-state index in [9.17, 15) is 4.79 Å². The molecule has 0 aliphatic heterocycles. The molecule has 0 bridgehead atoms. The Morgan fingerprint density at radius 3 is 2.04 bits per heavy atom. The number of carbonyl (C=O) groups is 1. The Balaban J connectivity index is 2.73. The Bertz CT molecular complexity index is 873. The Morgan fingerprint density at radius 2 is 1.52 bits per heavy atom. The van der Waals surface area contributed by atoms with Crippen LogP contribution in [0, 0.1) is 0 Å². The van der Waals surface area contributed by atoms with E-state index in [1.807, 2.05) is 0 Å². The van der Waals surface area contributed by atoms with Gasteiger partial charge in [-0.15, -0.1) is 0 Å². The molecule has 2 aromatic rings. The summed E-state index contributed by atoms with van der Waals surface area (Å²) >= 11 is 19.9. The zero-order valence-electron chi connectivity index (χ0n) is 15.2. The highest BCUT2D eigenvalue weighted by Gasteiger charge is 2.38. The van der Waals surface area contributed by atoms with Crippen molar-refractivity contribution in [2.75, 3.05) is 14.2 Å². The normalized spacial score (nSPS) is 13.0. The van der Waals surface area contributed by atoms with E-state index in [2.05, 4.69) is 31.9 Å². The zero-order chi connectivity index (χ0) is 20.4. The van der Waals surface area contributed by atoms with Crippen LogP contribution in [0.4, 0.5) is 0 Å². The molecule has 4 nitrogen and oxygen atoms in total. The molecule has 0 fully saturated rings. The first-order chi connectivity index (χ1) is 12.6. The van der Waals surface area contributed by atoms with Crippen molar-refractivity contribution < 1.29 is 19.0 Å². The minimum atomic E-state index is -1.16. The average molecular weight is 541 g/mol. The molecule has 0 aromatic heterocycles. The van der Waals surface area contributed by atoms with Crippen molar-refractivity contribution in [3.8, 4) is 11.5 Å². The Kier molecular flexibility index (Phi) is 7.47. The SMILES string of the molecule is COc1c(Br)ccc(Cl)c1CC(C)(OC(C)=O)c1c(Cl)ccc(Br)c1OC. The van der Waals surface area contributed by atoms with Crippen LogP contribution in [0.25, 0.3) is 0 Å². The summed E-state index contributed by atoms with van der Waals surface area (Å²) in [4.78, 5) is 11.9. The number of methoxy groups -OCH3 is 2. The minimum Gasteiger partial charge on any atom is -0.495 e. The van der Waals surface area contributed by atoms with Crippen LogP contribution in [0.1, 0.15) is 25.0 Å². The number of rotatable bonds is 6. The van der Waals surface area contributed by atoms with Crippen molar-refractivity contribution in [1.29, 1.82) is 0 Å². The molecule has 0 N–H and O–H groups in total. The van der Waals surface area contributed by atoms with E-state index in [0.29, 0.717) is 37.1 Å². The summed E-state index contributed by atoms with van der Waals surface area (Å²) in [6.45, 7) is 3.11. The van der Waals surface area contributed by atoms with Crippen LogP contribution in [0.5, 0.6) is 11.5 Å². The quantitative estimate of drug-likeness (QED) is 0.389. The average Bonchev–Trinajstić information content (AvgIpc) is 2.59. The maximum Gasteiger partial charge on any atom is 0.303 e. The molecule has 0 amide bonds. The molecule has 1 unspecified atom stereocenters. The number of ether oxygens (including phenoxy) is 3. The van der Waals surface area contributed by atoms with E-state index in [4.69, 9.17) is 37.4 Å². The summed E-state index contributed by atoms with van der Waals surface area (Å²) in [5.74, 6) is 0.586. The molecule has 0 radical (unpaired) electrons. The van der Waals surface area contributed by atoms with Crippen molar-refractivity contribution in [3.63, 3.8) is 0 Å². The lowest BCUT2D eigenvalue weighted by molar-refractivity contribution is -0.156. The second-order valence-corrected chi connectivity index (χ2v) is 8.50. The first-order valence-electron chi connectivity index (χ1n) is 7.87. The van der Waals surface area contributed by atoms with Gasteiger partial charge in [0, 0.05) is 23.9 Å². The maximum absolute atomic E-state index is 11.9. The third-order valence-corrected chi connectivity index (χ3v) is 5.95. The number of benzene rings is 2. The van der Waals surface area contributed by atoms with E-state index < -0.39 is 11.6 Å². The minimum absolute atomic E-state index is 0.223. The predicted octanol–water partition coefficient (Wildman–Crippen LogP) is 6.56. The van der Waals surface area contributed by atoms with Gasteiger partial charge in [-0.25, -0.2) is 0 Å². The topological polar surface area (TPSA) is 44.8 Å². The predicted molar refractivity (Wildman–Crippen MR) is 114 cm³/mol. The molecule has 8 heteroatoms. The van der Waals surface area contributed by atoms with Gasteiger partial charge in [0.25, 0.3) is 0 Å². The number of halogens is 4. The van der Waals surface area contributed by atoms with Crippen molar-refractivity contribution in [1.82, 2.24) is 0 Å². The van der Waals surface area contributed by atoms with E-state index >= 15 is 0 Å². The van der Waals surface area contributed by atoms with Crippen LogP contribution in [0.15, 0.2) is 33.2 Å². The van der Waals surface area contributed by atoms with Gasteiger partial charge in [-0.3, -0.25) is 4.79 Å². The number of hydrogen-bond acceptors (Lipinski definition) is 4. The van der Waals surface area contributed by atoms with Crippen LogP contribution < -0.4 is 9.47 Å². The van der Waals surface area contributed by atoms with Gasteiger partial charge >= 0.3 is 5.97 Å². The fourth-order valence-electron chi connectivity index (χ4n) is 3.02. The second kappa shape index (κ2) is 9.03. The fourth-order valence-corrected chi connectivity index (χ4v) is 4.61. The molecule has 2 aromatic carbocycles. The Morgan fingerprint density at radius 1 is 1.00 bits per heavy atom. The van der Waals surface area contributed by atoms with Gasteiger partial charge in [-0.2, -0.15) is 0 Å². The standard InChI is InChI=1S/C19H18Br2Cl2O4/c1-10(24)27-19(2,16-15(23)8-6-13(21)18(16)26-4)9-11-14(22)7-5-12(20)17(11)25-3/h5-8H,9H2,1-4H3. The first-order valence-corrected chi connectivity index (χ1v) is 10.2. The Hall–Kier alpha value is -0.950. The highest BCUT2D eigenvalue weighted by Crippen LogP contribution is 2.46. The van der Waals surface area contributed by atoms with E-state index in [-0.39, 0.29) is 6.42 Å². The van der Waals surface area contributed by atoms with Crippen molar-refractivity contribution in [2.24, 2.45) is 0 Å². The van der Waals surface area contributed by atoms with Crippen LogP contribution in [0.2, 0.25) is 10.0 Å². The molecule has 0 aliphatic rings. The van der Waals surface area contributed by atoms with Crippen molar-refractivity contribution in [2.45, 2.75) is 25.9 Å². The fraction of sp³-hybridized carbons (Fsp3) is 0.316. The maximum atomic E-state index is 11.9. The van der Waals surface area contributed by atoms with Gasteiger partial charge in [0.15, 0.2) is 0 Å². The molecule has 0 aliphatic carbocycles. The first kappa shape index (κ1) is 22.3. The van der Waals surface area contributed by atoms with E-state index in [0.717, 1.165) is 4.47 Å². The van der Waals surface area contributed by atoms with Crippen molar-refractivity contribution in [3.05, 3.63) is 54.4 Å². The summed E-state index contributed by atoms with van der Waals surface area (Å²) in [5.41, 5.74) is 0.0557. The molecular weight excluding hydrogens is 523 g/mol. The highest BCUT2D eigenvalue weighted by atomic mass is 79.9. The van der Waals surface area contributed by atoms with E-state index in [1.54, 1.807) is 38.3 Å². The molecule has 146 valence electrons. The van der Waals surface area contributed by atoms with E-state index in [1.165, 1.54) is 14.0 Å². The molecule has 0 saturated heterocycles. The zero-order valence-corrected chi connectivity index (χ0v) is 19.8. The lowest BCUT2D eigenvalue weighted by Crippen LogP contribution is -2.32.